The quantitative estimate of drug-likeness (QED) is 0.187. The molecule has 0 amide bonds. The molecular formula is C31H30Cl3N3O5. The van der Waals surface area contributed by atoms with E-state index < -0.39 is 11.6 Å². The van der Waals surface area contributed by atoms with Crippen LogP contribution in [0.4, 0.5) is 0 Å². The number of esters is 1. The van der Waals surface area contributed by atoms with Crippen molar-refractivity contribution in [1.29, 1.82) is 0 Å². The number of carbonyl (C=O) groups excluding carboxylic acids is 1. The molecule has 220 valence electrons. The van der Waals surface area contributed by atoms with Crippen LogP contribution in [0.3, 0.4) is 0 Å². The fourth-order valence-electron chi connectivity index (χ4n) is 5.68. The lowest BCUT2D eigenvalue weighted by Gasteiger charge is -2.44. The summed E-state index contributed by atoms with van der Waals surface area (Å²) in [6, 6.07) is 12.4. The fraction of sp³-hybridized carbons (Fsp3) is 0.387. The second kappa shape index (κ2) is 11.2. The summed E-state index contributed by atoms with van der Waals surface area (Å²) in [6.45, 7) is 4.18. The van der Waals surface area contributed by atoms with E-state index in [-0.39, 0.29) is 24.3 Å². The van der Waals surface area contributed by atoms with Crippen LogP contribution in [0.5, 0.6) is 5.75 Å². The standard InChI is InChI=1S/C31H30Cl3N3O5/c1-16(2)37-26(12-25(35-37)30(38)40-3)18-13-31(39,14-18)21-10-9-19(11-24(21)34)41-15-20-28(36-42-29(20)17-7-8-17)27-22(32)5-4-6-23(27)33/h4-6,9-12,16-18,39H,7-8,13-15H2,1-3H3/t18-,31-. The number of nitrogens with zero attached hydrogens (tertiary/aromatic N) is 3. The second-order valence-electron chi connectivity index (χ2n) is 11.3. The molecule has 4 aromatic rings. The lowest BCUT2D eigenvalue weighted by Crippen LogP contribution is -2.41. The van der Waals surface area contributed by atoms with Crippen LogP contribution in [0.15, 0.2) is 47.0 Å². The molecule has 2 fully saturated rings. The van der Waals surface area contributed by atoms with E-state index >= 15 is 0 Å². The molecule has 0 radical (unpaired) electrons. The van der Waals surface area contributed by atoms with E-state index in [0.29, 0.717) is 56.4 Å². The maximum atomic E-state index is 12.1. The van der Waals surface area contributed by atoms with Crippen molar-refractivity contribution in [3.63, 3.8) is 0 Å². The van der Waals surface area contributed by atoms with Crippen molar-refractivity contribution in [2.24, 2.45) is 0 Å². The highest BCUT2D eigenvalue weighted by Crippen LogP contribution is 2.53. The predicted octanol–water partition coefficient (Wildman–Crippen LogP) is 8.09. The first-order valence-corrected chi connectivity index (χ1v) is 15.0. The van der Waals surface area contributed by atoms with E-state index in [4.69, 9.17) is 48.8 Å². The van der Waals surface area contributed by atoms with E-state index in [1.807, 2.05) is 18.5 Å². The van der Waals surface area contributed by atoms with Gasteiger partial charge in [-0.15, -0.1) is 0 Å². The number of benzene rings is 2. The molecular weight excluding hydrogens is 601 g/mol. The van der Waals surface area contributed by atoms with Crippen LogP contribution in [0, 0.1) is 0 Å². The Hall–Kier alpha value is -3.04. The molecule has 2 aliphatic carbocycles. The van der Waals surface area contributed by atoms with E-state index in [1.54, 1.807) is 42.5 Å². The number of rotatable bonds is 9. The lowest BCUT2D eigenvalue weighted by atomic mass is 9.66. The highest BCUT2D eigenvalue weighted by atomic mass is 35.5. The summed E-state index contributed by atoms with van der Waals surface area (Å²) in [7, 11) is 1.33. The van der Waals surface area contributed by atoms with E-state index in [1.165, 1.54) is 7.11 Å². The van der Waals surface area contributed by atoms with Crippen molar-refractivity contribution in [1.82, 2.24) is 14.9 Å². The molecule has 2 heterocycles. The van der Waals surface area contributed by atoms with E-state index in [2.05, 4.69) is 10.3 Å². The largest absolute Gasteiger partial charge is 0.489 e. The smallest absolute Gasteiger partial charge is 0.358 e. The summed E-state index contributed by atoms with van der Waals surface area (Å²) in [6.07, 6.45) is 2.94. The van der Waals surface area contributed by atoms with Gasteiger partial charge in [0.05, 0.1) is 33.3 Å². The number of methoxy groups -OCH3 is 1. The minimum Gasteiger partial charge on any atom is -0.489 e. The van der Waals surface area contributed by atoms with Crippen molar-refractivity contribution in [2.45, 2.75) is 69.6 Å². The molecule has 2 aromatic heterocycles. The third-order valence-electron chi connectivity index (χ3n) is 8.03. The fourth-order valence-corrected chi connectivity index (χ4v) is 6.61. The van der Waals surface area contributed by atoms with Crippen molar-refractivity contribution in [2.75, 3.05) is 7.11 Å². The van der Waals surface area contributed by atoms with Crippen LogP contribution in [-0.2, 0) is 16.9 Å². The first-order valence-electron chi connectivity index (χ1n) is 13.9. The van der Waals surface area contributed by atoms with Crippen LogP contribution in [0.2, 0.25) is 15.1 Å². The minimum absolute atomic E-state index is 0.0137. The Labute approximate surface area is 258 Å². The zero-order chi connectivity index (χ0) is 29.8. The molecule has 6 rings (SSSR count). The van der Waals surface area contributed by atoms with E-state index in [0.717, 1.165) is 29.9 Å². The highest BCUT2D eigenvalue weighted by molar-refractivity contribution is 6.39. The third-order valence-corrected chi connectivity index (χ3v) is 8.97. The molecule has 8 nitrogen and oxygen atoms in total. The van der Waals surface area contributed by atoms with Crippen LogP contribution in [0.25, 0.3) is 11.3 Å². The summed E-state index contributed by atoms with van der Waals surface area (Å²) < 4.78 is 18.6. The number of halogens is 3. The molecule has 2 aliphatic rings. The van der Waals surface area contributed by atoms with Gasteiger partial charge < -0.3 is 19.1 Å². The van der Waals surface area contributed by atoms with Gasteiger partial charge in [-0.2, -0.15) is 5.10 Å². The van der Waals surface area contributed by atoms with Gasteiger partial charge in [0.2, 0.25) is 0 Å². The molecule has 0 saturated heterocycles. The second-order valence-corrected chi connectivity index (χ2v) is 12.5. The molecule has 42 heavy (non-hydrogen) atoms. The van der Waals surface area contributed by atoms with Gasteiger partial charge >= 0.3 is 5.97 Å². The molecule has 0 aliphatic heterocycles. The van der Waals surface area contributed by atoms with Crippen molar-refractivity contribution in [3.05, 3.63) is 85.8 Å². The summed E-state index contributed by atoms with van der Waals surface area (Å²) >= 11 is 19.7. The number of hydrogen-bond donors (Lipinski definition) is 1. The maximum absolute atomic E-state index is 12.1. The predicted molar refractivity (Wildman–Crippen MR) is 160 cm³/mol. The van der Waals surface area contributed by atoms with Gasteiger partial charge in [0.15, 0.2) is 5.69 Å². The average Bonchev–Trinajstić information content (AvgIpc) is 3.54. The Morgan fingerprint density at radius 2 is 1.81 bits per heavy atom. The number of aromatic nitrogens is 3. The molecule has 2 aromatic carbocycles. The Morgan fingerprint density at radius 3 is 2.43 bits per heavy atom. The first-order chi connectivity index (χ1) is 20.1. The van der Waals surface area contributed by atoms with Gasteiger partial charge in [-0.1, -0.05) is 52.1 Å². The number of hydrogen-bond acceptors (Lipinski definition) is 7. The molecule has 0 atom stereocenters. The maximum Gasteiger partial charge on any atom is 0.358 e. The molecule has 0 unspecified atom stereocenters. The normalized spacial score (nSPS) is 20.0. The number of carbonyl (C=O) groups is 1. The third kappa shape index (κ3) is 5.30. The molecule has 0 spiro atoms. The SMILES string of the molecule is COC(=O)c1cc([C@H]2C[C@@](O)(c3ccc(OCc4c(-c5c(Cl)cccc5Cl)noc4C4CC4)cc3Cl)C2)n(C(C)C)n1. The van der Waals surface area contributed by atoms with Crippen LogP contribution in [-0.4, -0.2) is 33.1 Å². The zero-order valence-electron chi connectivity index (χ0n) is 23.4. The van der Waals surface area contributed by atoms with Gasteiger partial charge in [0.25, 0.3) is 0 Å². The minimum atomic E-state index is -1.11. The summed E-state index contributed by atoms with van der Waals surface area (Å²) in [4.78, 5) is 12.1. The monoisotopic (exact) mass is 629 g/mol. The van der Waals surface area contributed by atoms with Crippen LogP contribution >= 0.6 is 34.8 Å². The van der Waals surface area contributed by atoms with Crippen molar-refractivity contribution < 1.29 is 23.9 Å². The molecule has 0 bridgehead atoms. The highest BCUT2D eigenvalue weighted by Gasteiger charge is 2.47. The van der Waals surface area contributed by atoms with Crippen molar-refractivity contribution >= 4 is 40.8 Å². The van der Waals surface area contributed by atoms with Crippen LogP contribution in [0.1, 0.15) is 90.5 Å². The van der Waals surface area contributed by atoms with Crippen molar-refractivity contribution in [3.8, 4) is 17.0 Å². The van der Waals surface area contributed by atoms with Gasteiger partial charge in [-0.05, 0) is 69.9 Å². The Bertz CT molecular complexity index is 1630. The lowest BCUT2D eigenvalue weighted by molar-refractivity contribution is -0.0569. The molecule has 2 saturated carbocycles. The van der Waals surface area contributed by atoms with Crippen LogP contribution < -0.4 is 4.74 Å². The number of ether oxygens (including phenoxy) is 2. The summed E-state index contributed by atoms with van der Waals surface area (Å²) in [5.74, 6) is 1.16. The average molecular weight is 631 g/mol. The summed E-state index contributed by atoms with van der Waals surface area (Å²) in [5, 5.41) is 21.6. The van der Waals surface area contributed by atoms with Gasteiger partial charge in [0, 0.05) is 34.7 Å². The topological polar surface area (TPSA) is 99.6 Å². The zero-order valence-corrected chi connectivity index (χ0v) is 25.6. The first kappa shape index (κ1) is 29.1. The number of aliphatic hydroxyl groups is 1. The van der Waals surface area contributed by atoms with Gasteiger partial charge in [0.1, 0.15) is 23.8 Å². The Morgan fingerprint density at radius 1 is 1.10 bits per heavy atom. The molecule has 11 heteroatoms. The van der Waals surface area contributed by atoms with Gasteiger partial charge in [-0.25, -0.2) is 4.79 Å². The Kier molecular flexibility index (Phi) is 7.77. The summed E-state index contributed by atoms with van der Waals surface area (Å²) in [5.41, 5.74) is 2.66. The Balaban J connectivity index is 1.19. The van der Waals surface area contributed by atoms with Gasteiger partial charge in [-0.3, -0.25) is 4.68 Å². The molecule has 1 N–H and O–H groups in total. The van der Waals surface area contributed by atoms with E-state index in [9.17, 15) is 9.90 Å².